The molecule has 1 fully saturated rings. The molecule has 0 spiro atoms. The monoisotopic (exact) mass is 278 g/mol. The molecule has 6 heteroatoms. The van der Waals surface area contributed by atoms with Crippen LogP contribution in [0.2, 0.25) is 0 Å². The van der Waals surface area contributed by atoms with E-state index < -0.39 is 17.8 Å². The average molecular weight is 278 g/mol. The molecular weight excluding hydrogens is 264 g/mol. The summed E-state index contributed by atoms with van der Waals surface area (Å²) in [5.74, 6) is -2.14. The van der Waals surface area contributed by atoms with Crippen molar-refractivity contribution >= 4 is 28.3 Å². The second-order valence-corrected chi connectivity index (χ2v) is 5.98. The molecule has 2 bridgehead atoms. The van der Waals surface area contributed by atoms with Crippen molar-refractivity contribution in [2.45, 2.75) is 13.3 Å². The third kappa shape index (κ3) is 2.06. The van der Waals surface area contributed by atoms with Crippen LogP contribution in [0.4, 0.5) is 5.13 Å². The van der Waals surface area contributed by atoms with Gasteiger partial charge in [0.2, 0.25) is 5.91 Å². The van der Waals surface area contributed by atoms with E-state index >= 15 is 0 Å². The lowest BCUT2D eigenvalue weighted by molar-refractivity contribution is -0.146. The number of allylic oxidation sites excluding steroid dienone is 2. The molecule has 1 saturated carbocycles. The second-order valence-electron chi connectivity index (χ2n) is 5.12. The summed E-state index contributed by atoms with van der Waals surface area (Å²) in [5.41, 5.74) is 0.850. The molecule has 0 saturated heterocycles. The van der Waals surface area contributed by atoms with Gasteiger partial charge in [0.15, 0.2) is 5.13 Å². The number of thiazole rings is 1. The number of hydrogen-bond acceptors (Lipinski definition) is 4. The molecule has 4 atom stereocenters. The van der Waals surface area contributed by atoms with Crippen LogP contribution >= 0.6 is 11.3 Å². The Morgan fingerprint density at radius 1 is 1.37 bits per heavy atom. The molecule has 2 N–H and O–H groups in total. The standard InChI is InChI=1S/C13H14N2O3S/c1-6-5-19-13(14-6)15-11(16)9-7-2-3-8(4-7)10(9)12(17)18/h2-3,5,7-10H,4H2,1H3,(H,17,18)(H,14,15,16)/t7-,8-,9-,10-/m0/s1. The van der Waals surface area contributed by atoms with Crippen molar-refractivity contribution in [3.63, 3.8) is 0 Å². The molecule has 0 unspecified atom stereocenters. The van der Waals surface area contributed by atoms with Crippen molar-refractivity contribution in [2.75, 3.05) is 5.32 Å². The normalized spacial score (nSPS) is 31.6. The fourth-order valence-electron chi connectivity index (χ4n) is 3.12. The van der Waals surface area contributed by atoms with Gasteiger partial charge >= 0.3 is 5.97 Å². The smallest absolute Gasteiger partial charge is 0.307 e. The van der Waals surface area contributed by atoms with Crippen molar-refractivity contribution in [1.82, 2.24) is 4.98 Å². The summed E-state index contributed by atoms with van der Waals surface area (Å²) in [6, 6.07) is 0. The maximum absolute atomic E-state index is 12.3. The zero-order valence-electron chi connectivity index (χ0n) is 10.4. The van der Waals surface area contributed by atoms with E-state index in [9.17, 15) is 14.7 Å². The number of aryl methyl sites for hydroxylation is 1. The van der Waals surface area contributed by atoms with Crippen LogP contribution in [0.1, 0.15) is 12.1 Å². The second kappa shape index (κ2) is 4.45. The summed E-state index contributed by atoms with van der Waals surface area (Å²) in [5, 5.41) is 14.4. The van der Waals surface area contributed by atoms with Gasteiger partial charge < -0.3 is 10.4 Å². The van der Waals surface area contributed by atoms with Gasteiger partial charge in [-0.1, -0.05) is 12.2 Å². The number of rotatable bonds is 3. The van der Waals surface area contributed by atoms with Gasteiger partial charge in [-0.25, -0.2) is 4.98 Å². The highest BCUT2D eigenvalue weighted by molar-refractivity contribution is 7.13. The Bertz CT molecular complexity index is 566. The van der Waals surface area contributed by atoms with E-state index in [1.165, 1.54) is 11.3 Å². The van der Waals surface area contributed by atoms with Crippen LogP contribution in [0.5, 0.6) is 0 Å². The number of aliphatic carboxylic acids is 1. The zero-order chi connectivity index (χ0) is 13.6. The van der Waals surface area contributed by atoms with Gasteiger partial charge in [-0.2, -0.15) is 0 Å². The summed E-state index contributed by atoms with van der Waals surface area (Å²) in [7, 11) is 0. The van der Waals surface area contributed by atoms with E-state index in [1.807, 2.05) is 24.5 Å². The number of hydrogen-bond donors (Lipinski definition) is 2. The molecule has 2 aliphatic carbocycles. The predicted molar refractivity (Wildman–Crippen MR) is 70.8 cm³/mol. The van der Waals surface area contributed by atoms with Crippen LogP contribution in [0.15, 0.2) is 17.5 Å². The zero-order valence-corrected chi connectivity index (χ0v) is 11.2. The minimum absolute atomic E-state index is 0.00344. The van der Waals surface area contributed by atoms with E-state index in [-0.39, 0.29) is 17.7 Å². The molecule has 1 aromatic rings. The number of nitrogens with zero attached hydrogens (tertiary/aromatic N) is 1. The largest absolute Gasteiger partial charge is 0.481 e. The summed E-state index contributed by atoms with van der Waals surface area (Å²) in [6.07, 6.45) is 4.67. The van der Waals surface area contributed by atoms with Crippen molar-refractivity contribution < 1.29 is 14.7 Å². The number of carboxylic acid groups (broad SMARTS) is 1. The molecular formula is C13H14N2O3S. The van der Waals surface area contributed by atoms with Gasteiger partial charge in [0.25, 0.3) is 0 Å². The first-order chi connectivity index (χ1) is 9.06. The first-order valence-corrected chi connectivity index (χ1v) is 7.08. The number of aromatic nitrogens is 1. The highest BCUT2D eigenvalue weighted by atomic mass is 32.1. The van der Waals surface area contributed by atoms with Crippen molar-refractivity contribution in [1.29, 1.82) is 0 Å². The minimum atomic E-state index is -0.882. The Hall–Kier alpha value is -1.69. The predicted octanol–water partition coefficient (Wildman–Crippen LogP) is 1.91. The van der Waals surface area contributed by atoms with Crippen LogP contribution in [0.3, 0.4) is 0 Å². The summed E-state index contributed by atoms with van der Waals surface area (Å²) >= 11 is 1.36. The average Bonchev–Trinajstić information content (AvgIpc) is 3.03. The molecule has 0 radical (unpaired) electrons. The quantitative estimate of drug-likeness (QED) is 0.828. The van der Waals surface area contributed by atoms with Gasteiger partial charge in [0, 0.05) is 5.38 Å². The summed E-state index contributed by atoms with van der Waals surface area (Å²) in [4.78, 5) is 27.8. The highest BCUT2D eigenvalue weighted by Crippen LogP contribution is 2.48. The molecule has 0 aliphatic heterocycles. The van der Waals surface area contributed by atoms with Gasteiger partial charge in [-0.05, 0) is 25.2 Å². The fraction of sp³-hybridized carbons (Fsp3) is 0.462. The first kappa shape index (κ1) is 12.3. The van der Waals surface area contributed by atoms with E-state index in [1.54, 1.807) is 0 Å². The number of carboxylic acids is 1. The number of carbonyl (C=O) groups excluding carboxylic acids is 1. The minimum Gasteiger partial charge on any atom is -0.481 e. The molecule has 100 valence electrons. The fourth-order valence-corrected chi connectivity index (χ4v) is 3.81. The Morgan fingerprint density at radius 2 is 2.05 bits per heavy atom. The highest BCUT2D eigenvalue weighted by Gasteiger charge is 2.51. The van der Waals surface area contributed by atoms with Gasteiger partial charge in [0.1, 0.15) is 0 Å². The Labute approximate surface area is 114 Å². The molecule has 1 heterocycles. The molecule has 1 amide bonds. The van der Waals surface area contributed by atoms with Gasteiger partial charge in [0.05, 0.1) is 17.5 Å². The van der Waals surface area contributed by atoms with E-state index in [0.717, 1.165) is 12.1 Å². The molecule has 0 aromatic carbocycles. The summed E-state index contributed by atoms with van der Waals surface area (Å²) in [6.45, 7) is 1.85. The van der Waals surface area contributed by atoms with Crippen molar-refractivity contribution in [3.8, 4) is 0 Å². The van der Waals surface area contributed by atoms with Gasteiger partial charge in [-0.15, -0.1) is 11.3 Å². The third-order valence-corrected chi connectivity index (χ3v) is 4.77. The maximum atomic E-state index is 12.3. The number of anilines is 1. The SMILES string of the molecule is Cc1csc(NC(=O)[C@@H]2[C@@H](C(=O)O)[C@H]3C=C[C@H]2C3)n1. The van der Waals surface area contributed by atoms with Crippen LogP contribution in [0, 0.1) is 30.6 Å². The molecule has 19 heavy (non-hydrogen) atoms. The summed E-state index contributed by atoms with van der Waals surface area (Å²) < 4.78 is 0. The van der Waals surface area contributed by atoms with Gasteiger partial charge in [-0.3, -0.25) is 9.59 Å². The Morgan fingerprint density at radius 3 is 2.63 bits per heavy atom. The lowest BCUT2D eigenvalue weighted by Crippen LogP contribution is -2.36. The molecule has 2 aliphatic rings. The van der Waals surface area contributed by atoms with Crippen LogP contribution in [0.25, 0.3) is 0 Å². The van der Waals surface area contributed by atoms with E-state index in [2.05, 4.69) is 10.3 Å². The molecule has 3 rings (SSSR count). The lowest BCUT2D eigenvalue weighted by atomic mass is 9.82. The van der Waals surface area contributed by atoms with E-state index in [0.29, 0.717) is 5.13 Å². The van der Waals surface area contributed by atoms with Crippen molar-refractivity contribution in [3.05, 3.63) is 23.2 Å². The topological polar surface area (TPSA) is 79.3 Å². The molecule has 1 aromatic heterocycles. The lowest BCUT2D eigenvalue weighted by Gasteiger charge is -2.23. The van der Waals surface area contributed by atoms with Crippen LogP contribution in [-0.4, -0.2) is 22.0 Å². The third-order valence-electron chi connectivity index (χ3n) is 3.90. The van der Waals surface area contributed by atoms with Crippen molar-refractivity contribution in [2.24, 2.45) is 23.7 Å². The van der Waals surface area contributed by atoms with Crippen LogP contribution in [-0.2, 0) is 9.59 Å². The maximum Gasteiger partial charge on any atom is 0.307 e. The Balaban J connectivity index is 1.79. The number of carbonyl (C=O) groups is 2. The first-order valence-electron chi connectivity index (χ1n) is 6.20. The molecule has 5 nitrogen and oxygen atoms in total. The number of fused-ring (bicyclic) bond motifs is 2. The Kier molecular flexibility index (Phi) is 2.89. The van der Waals surface area contributed by atoms with Crippen LogP contribution < -0.4 is 5.32 Å². The number of nitrogens with one attached hydrogen (secondary N) is 1. The number of amides is 1. The van der Waals surface area contributed by atoms with E-state index in [4.69, 9.17) is 0 Å².